The number of hydrogen-bond donors (Lipinski definition) is 1. The Labute approximate surface area is 78.3 Å². The van der Waals surface area contributed by atoms with Gasteiger partial charge >= 0.3 is 0 Å². The van der Waals surface area contributed by atoms with E-state index < -0.39 is 0 Å². The Morgan fingerprint density at radius 3 is 2.62 bits per heavy atom. The lowest BCUT2D eigenvalue weighted by Gasteiger charge is -2.33. The molecule has 0 bridgehead atoms. The molecule has 0 radical (unpaired) electrons. The van der Waals surface area contributed by atoms with E-state index >= 15 is 0 Å². The Morgan fingerprint density at radius 1 is 1.38 bits per heavy atom. The zero-order valence-corrected chi connectivity index (χ0v) is 8.17. The van der Waals surface area contributed by atoms with Gasteiger partial charge in [0.1, 0.15) is 6.04 Å². The molecule has 1 atom stereocenters. The summed E-state index contributed by atoms with van der Waals surface area (Å²) in [7, 11) is 1.61. The number of nitrogens with one attached hydrogen (secondary N) is 1. The quantitative estimate of drug-likeness (QED) is 0.630. The van der Waals surface area contributed by atoms with Crippen molar-refractivity contribution in [3.05, 3.63) is 0 Å². The van der Waals surface area contributed by atoms with Crippen LogP contribution in [0, 0.1) is 0 Å². The fourth-order valence-electron chi connectivity index (χ4n) is 1.75. The molecule has 0 aromatic heterocycles. The second-order valence-corrected chi connectivity index (χ2v) is 3.34. The highest BCUT2D eigenvalue weighted by Gasteiger charge is 2.29. The molecule has 0 aromatic rings. The first-order valence-electron chi connectivity index (χ1n) is 4.65. The van der Waals surface area contributed by atoms with Crippen molar-refractivity contribution in [3.8, 4) is 0 Å². The Morgan fingerprint density at radius 2 is 2.08 bits per heavy atom. The van der Waals surface area contributed by atoms with Gasteiger partial charge in [-0.2, -0.15) is 0 Å². The molecule has 1 fully saturated rings. The van der Waals surface area contributed by atoms with Crippen molar-refractivity contribution in [2.75, 3.05) is 13.6 Å². The Balaban J connectivity index is 2.67. The maximum Gasteiger partial charge on any atom is 0.242 e. The first-order chi connectivity index (χ1) is 6.16. The monoisotopic (exact) mass is 184 g/mol. The van der Waals surface area contributed by atoms with E-state index in [1.165, 1.54) is 6.92 Å². The van der Waals surface area contributed by atoms with Crippen LogP contribution < -0.4 is 5.32 Å². The standard InChI is InChI=1S/C9H16N2O2/c1-7(12)11-6-4-3-5-8(11)9(13)10-2/h8H,3-6H2,1-2H3,(H,10,13). The highest BCUT2D eigenvalue weighted by molar-refractivity contribution is 5.86. The Kier molecular flexibility index (Phi) is 3.28. The van der Waals surface area contributed by atoms with Crippen LogP contribution in [0.5, 0.6) is 0 Å². The number of nitrogens with zero attached hydrogens (tertiary/aromatic N) is 1. The molecule has 1 saturated heterocycles. The molecule has 74 valence electrons. The Hall–Kier alpha value is -1.06. The van der Waals surface area contributed by atoms with Crippen LogP contribution in [0.2, 0.25) is 0 Å². The van der Waals surface area contributed by atoms with E-state index in [1.807, 2.05) is 0 Å². The van der Waals surface area contributed by atoms with Gasteiger partial charge in [0.15, 0.2) is 0 Å². The first kappa shape index (κ1) is 10.0. The summed E-state index contributed by atoms with van der Waals surface area (Å²) in [5, 5.41) is 2.59. The number of hydrogen-bond acceptors (Lipinski definition) is 2. The predicted octanol–water partition coefficient (Wildman–Crippen LogP) is 0.133. The van der Waals surface area contributed by atoms with Gasteiger partial charge in [0.2, 0.25) is 11.8 Å². The zero-order valence-electron chi connectivity index (χ0n) is 8.17. The molecule has 1 unspecified atom stereocenters. The van der Waals surface area contributed by atoms with Crippen molar-refractivity contribution in [2.45, 2.75) is 32.2 Å². The van der Waals surface area contributed by atoms with E-state index in [2.05, 4.69) is 5.32 Å². The molecule has 4 heteroatoms. The number of likely N-dealkylation sites (N-methyl/N-ethyl adjacent to an activating group) is 1. The lowest BCUT2D eigenvalue weighted by molar-refractivity contribution is -0.140. The Bertz CT molecular complexity index is 216. The first-order valence-corrected chi connectivity index (χ1v) is 4.65. The number of piperidine rings is 1. The number of amides is 2. The minimum absolute atomic E-state index is 0.00620. The second-order valence-electron chi connectivity index (χ2n) is 3.34. The van der Waals surface area contributed by atoms with E-state index in [0.717, 1.165) is 19.3 Å². The average Bonchev–Trinajstić information content (AvgIpc) is 2.16. The molecule has 1 aliphatic rings. The summed E-state index contributed by atoms with van der Waals surface area (Å²) in [5.74, 6) is -0.0526. The van der Waals surface area contributed by atoms with Crippen LogP contribution in [0.25, 0.3) is 0 Å². The average molecular weight is 184 g/mol. The summed E-state index contributed by atoms with van der Waals surface area (Å²) < 4.78 is 0. The minimum Gasteiger partial charge on any atom is -0.357 e. The van der Waals surface area contributed by atoms with Crippen LogP contribution in [0.15, 0.2) is 0 Å². The van der Waals surface area contributed by atoms with Crippen LogP contribution in [-0.4, -0.2) is 36.3 Å². The van der Waals surface area contributed by atoms with Crippen molar-refractivity contribution in [1.29, 1.82) is 0 Å². The third-order valence-electron chi connectivity index (χ3n) is 2.46. The molecule has 0 aliphatic carbocycles. The molecule has 1 heterocycles. The third kappa shape index (κ3) is 2.20. The highest BCUT2D eigenvalue weighted by atomic mass is 16.2. The maximum absolute atomic E-state index is 11.4. The summed E-state index contributed by atoms with van der Waals surface area (Å²) in [4.78, 5) is 24.2. The second kappa shape index (κ2) is 4.25. The number of rotatable bonds is 1. The van der Waals surface area contributed by atoms with Gasteiger partial charge in [-0.05, 0) is 19.3 Å². The van der Waals surface area contributed by atoms with Crippen LogP contribution in [0.4, 0.5) is 0 Å². The lowest BCUT2D eigenvalue weighted by Crippen LogP contribution is -2.50. The molecule has 0 saturated carbocycles. The van der Waals surface area contributed by atoms with Crippen molar-refractivity contribution in [2.24, 2.45) is 0 Å². The number of carbonyl (C=O) groups is 2. The van der Waals surface area contributed by atoms with Crippen LogP contribution >= 0.6 is 0 Å². The van der Waals surface area contributed by atoms with Crippen molar-refractivity contribution < 1.29 is 9.59 Å². The molecule has 4 nitrogen and oxygen atoms in total. The summed E-state index contributed by atoms with van der Waals surface area (Å²) in [5.41, 5.74) is 0. The molecule has 13 heavy (non-hydrogen) atoms. The predicted molar refractivity (Wildman–Crippen MR) is 49.1 cm³/mol. The van der Waals surface area contributed by atoms with Gasteiger partial charge in [0.25, 0.3) is 0 Å². The van der Waals surface area contributed by atoms with E-state index in [-0.39, 0.29) is 17.9 Å². The molecule has 1 rings (SSSR count). The fraction of sp³-hybridized carbons (Fsp3) is 0.778. The third-order valence-corrected chi connectivity index (χ3v) is 2.46. The van der Waals surface area contributed by atoms with Gasteiger partial charge in [-0.15, -0.1) is 0 Å². The van der Waals surface area contributed by atoms with Gasteiger partial charge in [0.05, 0.1) is 0 Å². The summed E-state index contributed by atoms with van der Waals surface area (Å²) >= 11 is 0. The van der Waals surface area contributed by atoms with E-state index in [0.29, 0.717) is 6.54 Å². The summed E-state index contributed by atoms with van der Waals surface area (Å²) in [6.45, 7) is 2.23. The van der Waals surface area contributed by atoms with Crippen molar-refractivity contribution in [1.82, 2.24) is 10.2 Å². The summed E-state index contributed by atoms with van der Waals surface area (Å²) in [6.07, 6.45) is 2.83. The van der Waals surface area contributed by atoms with E-state index in [4.69, 9.17) is 0 Å². The van der Waals surface area contributed by atoms with Gasteiger partial charge in [-0.1, -0.05) is 0 Å². The topological polar surface area (TPSA) is 49.4 Å². The van der Waals surface area contributed by atoms with Crippen LogP contribution in [0.3, 0.4) is 0 Å². The minimum atomic E-state index is -0.240. The molecule has 0 spiro atoms. The molecule has 0 aromatic carbocycles. The van der Waals surface area contributed by atoms with Crippen molar-refractivity contribution in [3.63, 3.8) is 0 Å². The van der Waals surface area contributed by atoms with Gasteiger partial charge in [-0.25, -0.2) is 0 Å². The molecular weight excluding hydrogens is 168 g/mol. The van der Waals surface area contributed by atoms with Gasteiger partial charge < -0.3 is 10.2 Å². The largest absolute Gasteiger partial charge is 0.357 e. The fourth-order valence-corrected chi connectivity index (χ4v) is 1.75. The molecule has 1 N–H and O–H groups in total. The van der Waals surface area contributed by atoms with E-state index in [1.54, 1.807) is 11.9 Å². The smallest absolute Gasteiger partial charge is 0.242 e. The van der Waals surface area contributed by atoms with Crippen molar-refractivity contribution >= 4 is 11.8 Å². The molecule has 2 amide bonds. The van der Waals surface area contributed by atoms with Crippen LogP contribution in [-0.2, 0) is 9.59 Å². The normalized spacial score (nSPS) is 22.6. The van der Waals surface area contributed by atoms with E-state index in [9.17, 15) is 9.59 Å². The summed E-state index contributed by atoms with van der Waals surface area (Å²) in [6, 6.07) is -0.240. The molecule has 1 aliphatic heterocycles. The highest BCUT2D eigenvalue weighted by Crippen LogP contribution is 2.16. The van der Waals surface area contributed by atoms with Crippen LogP contribution in [0.1, 0.15) is 26.2 Å². The SMILES string of the molecule is CNC(=O)C1CCCCN1C(C)=O. The van der Waals surface area contributed by atoms with Gasteiger partial charge in [0, 0.05) is 20.5 Å². The lowest BCUT2D eigenvalue weighted by atomic mass is 10.0. The zero-order chi connectivity index (χ0) is 9.84. The maximum atomic E-state index is 11.4. The number of carbonyl (C=O) groups excluding carboxylic acids is 2. The van der Waals surface area contributed by atoms with Gasteiger partial charge in [-0.3, -0.25) is 9.59 Å². The molecular formula is C9H16N2O2. The number of likely N-dealkylation sites (tertiary alicyclic amines) is 1.